The molecule has 2 aromatic heterocycles. The smallest absolute Gasteiger partial charge is 0.339 e. The van der Waals surface area contributed by atoms with Gasteiger partial charge < -0.3 is 9.30 Å². The van der Waals surface area contributed by atoms with Gasteiger partial charge in [0.15, 0.2) is 0 Å². The van der Waals surface area contributed by atoms with Crippen molar-refractivity contribution in [2.24, 2.45) is 5.10 Å². The third kappa shape index (κ3) is 5.20. The van der Waals surface area contributed by atoms with Crippen LogP contribution in [-0.4, -0.2) is 39.7 Å². The fourth-order valence-corrected chi connectivity index (χ4v) is 4.45. The molecule has 0 bridgehead atoms. The molecule has 1 amide bonds. The Kier molecular flexibility index (Phi) is 7.59. The number of esters is 1. The minimum absolute atomic E-state index is 0.122. The van der Waals surface area contributed by atoms with Crippen LogP contribution in [0.15, 0.2) is 65.9 Å². The first-order valence-corrected chi connectivity index (χ1v) is 12.2. The number of fused-ring (bicyclic) bond motifs is 1. The number of hydrogen-bond acceptors (Lipinski definition) is 5. The predicted molar refractivity (Wildman–Crippen MR) is 144 cm³/mol. The molecule has 8 nitrogen and oxygen atoms in total. The Morgan fingerprint density at radius 1 is 1.14 bits per heavy atom. The maximum absolute atomic E-state index is 13.2. The van der Waals surface area contributed by atoms with Gasteiger partial charge in [0.1, 0.15) is 6.04 Å². The van der Waals surface area contributed by atoms with Gasteiger partial charge >= 0.3 is 5.97 Å². The summed E-state index contributed by atoms with van der Waals surface area (Å²) in [5, 5.41) is 5.58. The third-order valence-electron chi connectivity index (χ3n) is 6.15. The van der Waals surface area contributed by atoms with Crippen molar-refractivity contribution >= 4 is 46.5 Å². The molecule has 0 aliphatic heterocycles. The lowest BCUT2D eigenvalue weighted by atomic mass is 10.1. The average molecular weight is 519 g/mol. The quantitative estimate of drug-likeness (QED) is 0.195. The van der Waals surface area contributed by atoms with Gasteiger partial charge in [-0.3, -0.25) is 14.2 Å². The average Bonchev–Trinajstić information content (AvgIpc) is 3.42. The monoisotopic (exact) mass is 518 g/mol. The van der Waals surface area contributed by atoms with Crippen molar-refractivity contribution < 1.29 is 19.1 Å². The molecule has 0 spiro atoms. The van der Waals surface area contributed by atoms with Gasteiger partial charge in [-0.15, -0.1) is 0 Å². The van der Waals surface area contributed by atoms with Gasteiger partial charge in [0.05, 0.1) is 23.9 Å². The number of amides is 1. The molecule has 0 radical (unpaired) electrons. The molecule has 1 atom stereocenters. The van der Waals surface area contributed by atoms with Gasteiger partial charge in [0.25, 0.3) is 5.91 Å². The normalized spacial score (nSPS) is 12.1. The SMILES string of the molecule is CCOC(=O)c1cc(-c2ccc(Cl)cc2)n(C(C)C(=O)N/N=C/c2cn(C(C)=O)c3ccccc23)c1C. The van der Waals surface area contributed by atoms with E-state index in [1.807, 2.05) is 36.4 Å². The molecule has 190 valence electrons. The molecule has 2 heterocycles. The summed E-state index contributed by atoms with van der Waals surface area (Å²) in [5.41, 5.74) is 6.50. The first-order valence-electron chi connectivity index (χ1n) is 11.8. The van der Waals surface area contributed by atoms with E-state index < -0.39 is 12.0 Å². The molecular formula is C28H27ClN4O4. The Morgan fingerprint density at radius 3 is 2.51 bits per heavy atom. The number of carbonyl (C=O) groups is 3. The number of nitrogens with zero attached hydrogens (tertiary/aromatic N) is 3. The third-order valence-corrected chi connectivity index (χ3v) is 6.41. The second-order valence-electron chi connectivity index (χ2n) is 8.53. The Hall–Kier alpha value is -4.17. The Balaban J connectivity index is 1.64. The van der Waals surface area contributed by atoms with E-state index in [0.717, 1.165) is 16.5 Å². The summed E-state index contributed by atoms with van der Waals surface area (Å²) in [5.74, 6) is -0.957. The highest BCUT2D eigenvalue weighted by atomic mass is 35.5. The van der Waals surface area contributed by atoms with Crippen LogP contribution in [-0.2, 0) is 9.53 Å². The highest BCUT2D eigenvalue weighted by Gasteiger charge is 2.25. The molecule has 0 saturated heterocycles. The van der Waals surface area contributed by atoms with Crippen molar-refractivity contribution in [1.29, 1.82) is 0 Å². The van der Waals surface area contributed by atoms with Crippen molar-refractivity contribution in [2.45, 2.75) is 33.7 Å². The summed E-state index contributed by atoms with van der Waals surface area (Å²) in [4.78, 5) is 37.7. The predicted octanol–water partition coefficient (Wildman–Crippen LogP) is 5.62. The number of nitrogens with one attached hydrogen (secondary N) is 1. The van der Waals surface area contributed by atoms with E-state index in [1.165, 1.54) is 13.1 Å². The minimum atomic E-state index is -0.704. The molecule has 4 aromatic rings. The second-order valence-corrected chi connectivity index (χ2v) is 8.96. The molecule has 0 aliphatic carbocycles. The molecule has 0 aliphatic rings. The number of aromatic nitrogens is 2. The highest BCUT2D eigenvalue weighted by Crippen LogP contribution is 2.31. The second kappa shape index (κ2) is 10.8. The van der Waals surface area contributed by atoms with Crippen molar-refractivity contribution in [3.63, 3.8) is 0 Å². The number of para-hydroxylation sites is 1. The molecule has 0 fully saturated rings. The van der Waals surface area contributed by atoms with Crippen molar-refractivity contribution in [3.05, 3.63) is 82.6 Å². The summed E-state index contributed by atoms with van der Waals surface area (Å²) in [6.45, 7) is 6.97. The van der Waals surface area contributed by atoms with Gasteiger partial charge in [0, 0.05) is 40.5 Å². The summed E-state index contributed by atoms with van der Waals surface area (Å²) < 4.78 is 8.54. The number of ether oxygens (including phenoxy) is 1. The lowest BCUT2D eigenvalue weighted by molar-refractivity contribution is -0.123. The Bertz CT molecular complexity index is 1520. The largest absolute Gasteiger partial charge is 0.462 e. The van der Waals surface area contributed by atoms with Crippen LogP contribution in [0.25, 0.3) is 22.2 Å². The topological polar surface area (TPSA) is 94.7 Å². The fourth-order valence-electron chi connectivity index (χ4n) is 4.32. The first kappa shape index (κ1) is 25.9. The number of hydrogen-bond donors (Lipinski definition) is 1. The molecule has 4 rings (SSSR count). The molecule has 1 unspecified atom stereocenters. The fraction of sp³-hybridized carbons (Fsp3) is 0.214. The van der Waals surface area contributed by atoms with Crippen LogP contribution >= 0.6 is 11.6 Å². The van der Waals surface area contributed by atoms with Crippen LogP contribution in [0.1, 0.15) is 53.2 Å². The van der Waals surface area contributed by atoms with E-state index in [4.69, 9.17) is 16.3 Å². The first-order chi connectivity index (χ1) is 17.7. The number of rotatable bonds is 7. The van der Waals surface area contributed by atoms with Gasteiger partial charge in [0.2, 0.25) is 5.91 Å². The lowest BCUT2D eigenvalue weighted by Crippen LogP contribution is -2.28. The summed E-state index contributed by atoms with van der Waals surface area (Å²) in [7, 11) is 0. The van der Waals surface area contributed by atoms with Crippen LogP contribution < -0.4 is 5.43 Å². The standard InChI is InChI=1S/C28H27ClN4O4/c1-5-37-28(36)24-14-26(20-10-12-22(29)13-11-20)33(17(24)2)18(3)27(35)31-30-15-21-16-32(19(4)34)25-9-7-6-8-23(21)25/h6-16,18H,5H2,1-4H3,(H,31,35)/b30-15+. The number of carbonyl (C=O) groups excluding carboxylic acids is 3. The zero-order valence-electron chi connectivity index (χ0n) is 21.0. The van der Waals surface area contributed by atoms with Crippen LogP contribution in [0, 0.1) is 6.92 Å². The van der Waals surface area contributed by atoms with E-state index in [1.54, 1.807) is 54.3 Å². The van der Waals surface area contributed by atoms with Gasteiger partial charge in [-0.25, -0.2) is 10.2 Å². The van der Waals surface area contributed by atoms with Gasteiger partial charge in [-0.05, 0) is 50.6 Å². The number of hydrazone groups is 1. The van der Waals surface area contributed by atoms with E-state index in [2.05, 4.69) is 10.5 Å². The lowest BCUT2D eigenvalue weighted by Gasteiger charge is -2.18. The zero-order chi connectivity index (χ0) is 26.7. The summed E-state index contributed by atoms with van der Waals surface area (Å²) in [6.07, 6.45) is 3.20. The van der Waals surface area contributed by atoms with Crippen molar-refractivity contribution in [2.75, 3.05) is 6.61 Å². The molecule has 0 saturated carbocycles. The van der Waals surface area contributed by atoms with Crippen molar-refractivity contribution in [1.82, 2.24) is 14.6 Å². The van der Waals surface area contributed by atoms with Crippen LogP contribution in [0.5, 0.6) is 0 Å². The number of benzene rings is 2. The van der Waals surface area contributed by atoms with Gasteiger partial charge in [-0.2, -0.15) is 5.10 Å². The Labute approximate surface area is 219 Å². The maximum atomic E-state index is 13.2. The summed E-state index contributed by atoms with van der Waals surface area (Å²) in [6, 6.07) is 15.6. The van der Waals surface area contributed by atoms with E-state index in [0.29, 0.717) is 27.5 Å². The molecule has 2 aromatic carbocycles. The van der Waals surface area contributed by atoms with Gasteiger partial charge in [-0.1, -0.05) is 41.9 Å². The molecular weight excluding hydrogens is 492 g/mol. The number of halogens is 1. The maximum Gasteiger partial charge on any atom is 0.339 e. The van der Waals surface area contributed by atoms with Crippen LogP contribution in [0.4, 0.5) is 0 Å². The van der Waals surface area contributed by atoms with E-state index in [9.17, 15) is 14.4 Å². The molecule has 1 N–H and O–H groups in total. The Morgan fingerprint density at radius 2 is 1.84 bits per heavy atom. The van der Waals surface area contributed by atoms with Crippen molar-refractivity contribution in [3.8, 4) is 11.3 Å². The minimum Gasteiger partial charge on any atom is -0.462 e. The van der Waals surface area contributed by atoms with Crippen LogP contribution in [0.3, 0.4) is 0 Å². The summed E-state index contributed by atoms with van der Waals surface area (Å²) >= 11 is 6.06. The van der Waals surface area contributed by atoms with Crippen LogP contribution in [0.2, 0.25) is 5.02 Å². The van der Waals surface area contributed by atoms with E-state index in [-0.39, 0.29) is 18.4 Å². The van der Waals surface area contributed by atoms with E-state index >= 15 is 0 Å². The molecule has 37 heavy (non-hydrogen) atoms. The zero-order valence-corrected chi connectivity index (χ0v) is 21.7. The molecule has 9 heteroatoms. The highest BCUT2D eigenvalue weighted by molar-refractivity contribution is 6.30.